The lowest BCUT2D eigenvalue weighted by Gasteiger charge is -2.23. The first-order valence-corrected chi connectivity index (χ1v) is 6.74. The van der Waals surface area contributed by atoms with Gasteiger partial charge in [0, 0.05) is 18.3 Å². The van der Waals surface area contributed by atoms with E-state index in [1.165, 1.54) is 12.8 Å². The van der Waals surface area contributed by atoms with Crippen molar-refractivity contribution in [3.05, 3.63) is 30.3 Å². The van der Waals surface area contributed by atoms with E-state index in [0.29, 0.717) is 23.8 Å². The van der Waals surface area contributed by atoms with Crippen LogP contribution in [-0.2, 0) is 6.54 Å². The van der Waals surface area contributed by atoms with Gasteiger partial charge in [-0.05, 0) is 38.8 Å². The van der Waals surface area contributed by atoms with Gasteiger partial charge in [-0.25, -0.2) is 0 Å². The molecule has 0 N–H and O–H groups in total. The molecule has 1 aliphatic heterocycles. The highest BCUT2D eigenvalue weighted by atomic mass is 16.5. The molecule has 0 radical (unpaired) electrons. The molecule has 0 spiro atoms. The molecular formula is C14H18N4O. The Morgan fingerprint density at radius 3 is 2.74 bits per heavy atom. The molecule has 2 atom stereocenters. The van der Waals surface area contributed by atoms with Crippen LogP contribution in [-0.4, -0.2) is 32.1 Å². The number of nitrogens with zero attached hydrogens (tertiary/aromatic N) is 4. The molecule has 0 aromatic carbocycles. The standard InChI is InChI=1S/C14H18N4O/c1-10-6-7-11(2)18(10)9-13-16-14(17-19-13)12-5-3-4-8-15-12/h3-5,8,10-11H,6-7,9H2,1-2H3. The molecule has 5 heteroatoms. The van der Waals surface area contributed by atoms with Gasteiger partial charge in [0.25, 0.3) is 0 Å². The van der Waals surface area contributed by atoms with E-state index >= 15 is 0 Å². The highest BCUT2D eigenvalue weighted by Crippen LogP contribution is 2.25. The summed E-state index contributed by atoms with van der Waals surface area (Å²) in [6, 6.07) is 6.84. The molecule has 1 aliphatic rings. The van der Waals surface area contributed by atoms with Gasteiger partial charge < -0.3 is 4.52 Å². The maximum Gasteiger partial charge on any atom is 0.241 e. The van der Waals surface area contributed by atoms with E-state index in [0.717, 1.165) is 12.2 Å². The Balaban J connectivity index is 1.75. The molecule has 100 valence electrons. The highest BCUT2D eigenvalue weighted by Gasteiger charge is 2.28. The number of rotatable bonds is 3. The van der Waals surface area contributed by atoms with Gasteiger partial charge in [0.15, 0.2) is 0 Å². The van der Waals surface area contributed by atoms with Gasteiger partial charge in [-0.1, -0.05) is 11.2 Å². The Morgan fingerprint density at radius 2 is 2.05 bits per heavy atom. The number of pyridine rings is 1. The Kier molecular flexibility index (Phi) is 3.29. The zero-order valence-electron chi connectivity index (χ0n) is 11.3. The summed E-state index contributed by atoms with van der Waals surface area (Å²) >= 11 is 0. The summed E-state index contributed by atoms with van der Waals surface area (Å²) in [5, 5.41) is 4.00. The molecule has 2 unspecified atom stereocenters. The van der Waals surface area contributed by atoms with E-state index in [1.54, 1.807) is 6.20 Å². The number of likely N-dealkylation sites (tertiary alicyclic amines) is 1. The van der Waals surface area contributed by atoms with Crippen molar-refractivity contribution in [3.63, 3.8) is 0 Å². The van der Waals surface area contributed by atoms with Gasteiger partial charge in [-0.3, -0.25) is 9.88 Å². The zero-order valence-corrected chi connectivity index (χ0v) is 11.3. The molecule has 0 saturated carbocycles. The summed E-state index contributed by atoms with van der Waals surface area (Å²) < 4.78 is 5.33. The minimum atomic E-state index is 0.565. The predicted molar refractivity (Wildman–Crippen MR) is 71.2 cm³/mol. The van der Waals surface area contributed by atoms with Gasteiger partial charge in [-0.2, -0.15) is 4.98 Å². The average molecular weight is 258 g/mol. The first kappa shape index (κ1) is 12.3. The van der Waals surface area contributed by atoms with Crippen LogP contribution in [0.3, 0.4) is 0 Å². The van der Waals surface area contributed by atoms with Crippen LogP contribution in [0, 0.1) is 0 Å². The van der Waals surface area contributed by atoms with Crippen molar-refractivity contribution in [1.82, 2.24) is 20.0 Å². The molecule has 19 heavy (non-hydrogen) atoms. The lowest BCUT2D eigenvalue weighted by atomic mass is 10.2. The first-order chi connectivity index (χ1) is 9.24. The second-order valence-corrected chi connectivity index (χ2v) is 5.17. The molecule has 2 aromatic rings. The van der Waals surface area contributed by atoms with Crippen LogP contribution in [0.1, 0.15) is 32.6 Å². The SMILES string of the molecule is CC1CCC(C)N1Cc1nc(-c2ccccn2)no1. The van der Waals surface area contributed by atoms with Gasteiger partial charge in [0.1, 0.15) is 5.69 Å². The molecule has 1 saturated heterocycles. The molecule has 0 aliphatic carbocycles. The van der Waals surface area contributed by atoms with E-state index in [9.17, 15) is 0 Å². The maximum absolute atomic E-state index is 5.33. The van der Waals surface area contributed by atoms with Crippen LogP contribution in [0.2, 0.25) is 0 Å². The molecule has 2 aromatic heterocycles. The van der Waals surface area contributed by atoms with Crippen molar-refractivity contribution in [2.24, 2.45) is 0 Å². The number of hydrogen-bond donors (Lipinski definition) is 0. The second-order valence-electron chi connectivity index (χ2n) is 5.17. The zero-order chi connectivity index (χ0) is 13.2. The number of aromatic nitrogens is 3. The third-order valence-electron chi connectivity index (χ3n) is 3.81. The third kappa shape index (κ3) is 2.51. The van der Waals surface area contributed by atoms with E-state index in [4.69, 9.17) is 4.52 Å². The van der Waals surface area contributed by atoms with Gasteiger partial charge in [0.05, 0.1) is 6.54 Å². The summed E-state index contributed by atoms with van der Waals surface area (Å²) in [7, 11) is 0. The van der Waals surface area contributed by atoms with E-state index in [-0.39, 0.29) is 0 Å². The molecule has 3 heterocycles. The molecule has 0 bridgehead atoms. The van der Waals surface area contributed by atoms with Crippen molar-refractivity contribution in [2.45, 2.75) is 45.3 Å². The molecule has 3 rings (SSSR count). The maximum atomic E-state index is 5.33. The molecule has 1 fully saturated rings. The van der Waals surface area contributed by atoms with Gasteiger partial charge >= 0.3 is 0 Å². The van der Waals surface area contributed by atoms with Gasteiger partial charge in [-0.15, -0.1) is 0 Å². The quantitative estimate of drug-likeness (QED) is 0.846. The first-order valence-electron chi connectivity index (χ1n) is 6.74. The van der Waals surface area contributed by atoms with E-state index < -0.39 is 0 Å². The van der Waals surface area contributed by atoms with Crippen LogP contribution in [0.4, 0.5) is 0 Å². The van der Waals surface area contributed by atoms with Crippen LogP contribution in [0.5, 0.6) is 0 Å². The van der Waals surface area contributed by atoms with E-state index in [1.807, 2.05) is 18.2 Å². The van der Waals surface area contributed by atoms with Crippen molar-refractivity contribution in [2.75, 3.05) is 0 Å². The molecule has 5 nitrogen and oxygen atoms in total. The van der Waals surface area contributed by atoms with Crippen LogP contribution < -0.4 is 0 Å². The molecular weight excluding hydrogens is 240 g/mol. The van der Waals surface area contributed by atoms with E-state index in [2.05, 4.69) is 33.9 Å². The largest absolute Gasteiger partial charge is 0.337 e. The summed E-state index contributed by atoms with van der Waals surface area (Å²) in [5.41, 5.74) is 0.750. The minimum absolute atomic E-state index is 0.565. The topological polar surface area (TPSA) is 55.1 Å². The summed E-state index contributed by atoms with van der Waals surface area (Å²) in [5.74, 6) is 1.23. The summed E-state index contributed by atoms with van der Waals surface area (Å²) in [4.78, 5) is 11.1. The summed E-state index contributed by atoms with van der Waals surface area (Å²) in [6.45, 7) is 5.22. The Bertz CT molecular complexity index is 529. The fourth-order valence-electron chi connectivity index (χ4n) is 2.63. The lowest BCUT2D eigenvalue weighted by molar-refractivity contribution is 0.178. The predicted octanol–water partition coefficient (Wildman–Crippen LogP) is 2.50. The fraction of sp³-hybridized carbons (Fsp3) is 0.500. The smallest absolute Gasteiger partial charge is 0.241 e. The normalized spacial score (nSPS) is 23.9. The van der Waals surface area contributed by atoms with Crippen molar-refractivity contribution < 1.29 is 4.52 Å². The Labute approximate surface area is 112 Å². The van der Waals surface area contributed by atoms with Gasteiger partial charge in [0.2, 0.25) is 11.7 Å². The van der Waals surface area contributed by atoms with Crippen molar-refractivity contribution in [3.8, 4) is 11.5 Å². The van der Waals surface area contributed by atoms with Crippen LogP contribution in [0.25, 0.3) is 11.5 Å². The van der Waals surface area contributed by atoms with Crippen LogP contribution in [0.15, 0.2) is 28.9 Å². The van der Waals surface area contributed by atoms with Crippen LogP contribution >= 0.6 is 0 Å². The average Bonchev–Trinajstić information content (AvgIpc) is 3.02. The monoisotopic (exact) mass is 258 g/mol. The fourth-order valence-corrected chi connectivity index (χ4v) is 2.63. The summed E-state index contributed by atoms with van der Waals surface area (Å²) in [6.07, 6.45) is 4.21. The Hall–Kier alpha value is -1.75. The van der Waals surface area contributed by atoms with Crippen molar-refractivity contribution in [1.29, 1.82) is 0 Å². The third-order valence-corrected chi connectivity index (χ3v) is 3.81. The molecule has 0 amide bonds. The minimum Gasteiger partial charge on any atom is -0.337 e. The second kappa shape index (κ2) is 5.09. The van der Waals surface area contributed by atoms with Crippen molar-refractivity contribution >= 4 is 0 Å². The Morgan fingerprint density at radius 1 is 1.26 bits per heavy atom. The number of hydrogen-bond acceptors (Lipinski definition) is 5. The lowest BCUT2D eigenvalue weighted by Crippen LogP contribution is -2.32. The highest BCUT2D eigenvalue weighted by molar-refractivity contribution is 5.46.